The smallest absolute Gasteiger partial charge is 0.321 e. The van der Waals surface area contributed by atoms with Gasteiger partial charge in [0.05, 0.1) is 11.8 Å². The number of carbonyl (C=O) groups excluding carboxylic acids is 1. The van der Waals surface area contributed by atoms with Gasteiger partial charge < -0.3 is 15.3 Å². The Hall–Kier alpha value is -1.87. The third kappa shape index (κ3) is 5.54. The number of benzene rings is 1. The van der Waals surface area contributed by atoms with Gasteiger partial charge in [-0.05, 0) is 60.9 Å². The van der Waals surface area contributed by atoms with Gasteiger partial charge in [-0.3, -0.25) is 0 Å². The topological polar surface area (TPSA) is 113 Å². The Bertz CT molecular complexity index is 1020. The van der Waals surface area contributed by atoms with Gasteiger partial charge in [-0.25, -0.2) is 18.4 Å². The molecule has 2 fully saturated rings. The number of nitrogens with two attached hydrogens (primary N) is 1. The number of halogens is 1. The second-order valence-electron chi connectivity index (χ2n) is 8.94. The molecule has 1 saturated heterocycles. The number of hydrogen-bond donors (Lipinski definition) is 3. The summed E-state index contributed by atoms with van der Waals surface area (Å²) < 4.78 is 22.9. The molecule has 7 nitrogen and oxygen atoms in total. The molecule has 32 heavy (non-hydrogen) atoms. The summed E-state index contributed by atoms with van der Waals surface area (Å²) in [5, 5.41) is 20.2. The lowest BCUT2D eigenvalue weighted by atomic mass is 9.74. The molecule has 4 N–H and O–H groups in total. The van der Waals surface area contributed by atoms with Crippen LogP contribution >= 0.6 is 11.6 Å². The molecule has 3 rings (SSSR count). The Kier molecular flexibility index (Phi) is 7.70. The average Bonchev–Trinajstić information content (AvgIpc) is 2.65. The highest BCUT2D eigenvalue weighted by Gasteiger charge is 2.45. The number of carbonyl (C=O) groups is 1. The highest BCUT2D eigenvalue weighted by atomic mass is 35.5. The van der Waals surface area contributed by atoms with Crippen molar-refractivity contribution >= 4 is 33.7 Å². The molecule has 1 aromatic rings. The summed E-state index contributed by atoms with van der Waals surface area (Å²) in [6.07, 6.45) is 3.77. The molecule has 9 heteroatoms. The molecule has 2 aliphatic rings. The van der Waals surface area contributed by atoms with Gasteiger partial charge in [0.15, 0.2) is 0 Å². The van der Waals surface area contributed by atoms with Gasteiger partial charge >= 0.3 is 6.03 Å². The van der Waals surface area contributed by atoms with E-state index in [1.165, 1.54) is 5.57 Å². The van der Waals surface area contributed by atoms with Gasteiger partial charge in [0.2, 0.25) is 10.0 Å². The van der Waals surface area contributed by atoms with Crippen LogP contribution in [0.2, 0.25) is 5.02 Å². The molecule has 3 atom stereocenters. The van der Waals surface area contributed by atoms with Crippen LogP contribution in [-0.2, 0) is 10.0 Å². The van der Waals surface area contributed by atoms with Crippen LogP contribution in [0.4, 0.5) is 4.79 Å². The molecule has 1 aliphatic carbocycles. The molecular weight excluding hydrogens is 450 g/mol. The highest BCUT2D eigenvalue weighted by Crippen LogP contribution is 2.42. The molecule has 3 unspecified atom stereocenters. The maximum atomic E-state index is 13.2. The van der Waals surface area contributed by atoms with E-state index in [1.54, 1.807) is 23.1 Å². The van der Waals surface area contributed by atoms with Crippen molar-refractivity contribution in [1.29, 1.82) is 0 Å². The fourth-order valence-electron chi connectivity index (χ4n) is 4.62. The van der Waals surface area contributed by atoms with Crippen LogP contribution in [-0.4, -0.2) is 42.8 Å². The molecule has 0 aromatic heterocycles. The Labute approximate surface area is 195 Å². The van der Waals surface area contributed by atoms with E-state index in [0.717, 1.165) is 30.5 Å². The molecule has 1 heterocycles. The van der Waals surface area contributed by atoms with Crippen LogP contribution in [0.5, 0.6) is 0 Å². The molecule has 0 radical (unpaired) electrons. The summed E-state index contributed by atoms with van der Waals surface area (Å²) in [5.74, 6) is -0.256. The van der Waals surface area contributed by atoms with Gasteiger partial charge in [-0.15, -0.1) is 0 Å². The van der Waals surface area contributed by atoms with Crippen molar-refractivity contribution in [3.8, 4) is 0 Å². The van der Waals surface area contributed by atoms with Gasteiger partial charge in [-0.1, -0.05) is 43.7 Å². The minimum atomic E-state index is -3.65. The number of amides is 2. The third-order valence-electron chi connectivity index (χ3n) is 6.29. The summed E-state index contributed by atoms with van der Waals surface area (Å²) in [5.41, 5.74) is 3.48. The molecule has 1 aliphatic heterocycles. The normalized spacial score (nSPS) is 22.6. The van der Waals surface area contributed by atoms with Crippen molar-refractivity contribution in [1.82, 2.24) is 10.2 Å². The molecule has 0 bridgehead atoms. The standard InChI is InChI=1S/C23H32ClN3O4S/c1-4-15-11-17(13-18(24)12-15)22(28)21-19(14(2)3)20(16-7-5-8-16)26-23(29)27(21)9-6-10-32(25,30)31/h4,11-14,19,21-22,28H,1,5-10H2,2-3H3,(H,26,29)(H2,25,30,31). The van der Waals surface area contributed by atoms with E-state index in [2.05, 4.69) is 25.7 Å². The van der Waals surface area contributed by atoms with Crippen LogP contribution in [0.1, 0.15) is 56.8 Å². The first kappa shape index (κ1) is 24.8. The molecular formula is C23H32ClN3O4S. The van der Waals surface area contributed by atoms with E-state index in [1.807, 2.05) is 6.07 Å². The van der Waals surface area contributed by atoms with Crippen LogP contribution < -0.4 is 10.5 Å². The SMILES string of the molecule is C=Cc1cc(Cl)cc(C(O)C2C(C(C)C)C(=C3CCC3)NC(=O)N2CCCS(N)(=O)=O)c1. The Morgan fingerprint density at radius 2 is 2.03 bits per heavy atom. The minimum absolute atomic E-state index is 0.122. The van der Waals surface area contributed by atoms with Crippen molar-refractivity contribution in [2.24, 2.45) is 17.0 Å². The van der Waals surface area contributed by atoms with Crippen molar-refractivity contribution in [3.05, 3.63) is 52.2 Å². The summed E-state index contributed by atoms with van der Waals surface area (Å²) in [7, 11) is -3.65. The van der Waals surface area contributed by atoms with Crippen molar-refractivity contribution < 1.29 is 18.3 Å². The first-order chi connectivity index (χ1) is 15.0. The molecule has 1 saturated carbocycles. The number of urea groups is 1. The van der Waals surface area contributed by atoms with Crippen LogP contribution in [0, 0.1) is 11.8 Å². The number of primary sulfonamides is 1. The second kappa shape index (κ2) is 9.95. The quantitative estimate of drug-likeness (QED) is 0.524. The average molecular weight is 482 g/mol. The zero-order valence-corrected chi connectivity index (χ0v) is 20.1. The largest absolute Gasteiger partial charge is 0.386 e. The Balaban J connectivity index is 2.04. The number of sulfonamides is 1. The molecule has 2 amide bonds. The Morgan fingerprint density at radius 3 is 2.56 bits per heavy atom. The second-order valence-corrected chi connectivity index (χ2v) is 11.1. The monoisotopic (exact) mass is 481 g/mol. The van der Waals surface area contributed by atoms with E-state index < -0.39 is 22.2 Å². The van der Waals surface area contributed by atoms with Crippen molar-refractivity contribution in [3.63, 3.8) is 0 Å². The summed E-state index contributed by atoms with van der Waals surface area (Å²) in [6, 6.07) is 4.35. The highest BCUT2D eigenvalue weighted by molar-refractivity contribution is 7.89. The van der Waals surface area contributed by atoms with Gasteiger partial charge in [0, 0.05) is 23.2 Å². The summed E-state index contributed by atoms with van der Waals surface area (Å²) >= 11 is 6.28. The van der Waals surface area contributed by atoms with Crippen molar-refractivity contribution in [2.45, 2.75) is 51.7 Å². The van der Waals surface area contributed by atoms with E-state index in [4.69, 9.17) is 16.7 Å². The van der Waals surface area contributed by atoms with Crippen LogP contribution in [0.3, 0.4) is 0 Å². The zero-order valence-electron chi connectivity index (χ0n) is 18.6. The molecule has 176 valence electrons. The lowest BCUT2D eigenvalue weighted by Gasteiger charge is -2.48. The first-order valence-corrected chi connectivity index (χ1v) is 13.0. The third-order valence-corrected chi connectivity index (χ3v) is 7.37. The number of nitrogens with zero attached hydrogens (tertiary/aromatic N) is 1. The van der Waals surface area contributed by atoms with Crippen LogP contribution in [0.25, 0.3) is 6.08 Å². The maximum Gasteiger partial charge on any atom is 0.321 e. The fraction of sp³-hybridized carbons (Fsp3) is 0.522. The van der Waals surface area contributed by atoms with Crippen molar-refractivity contribution in [2.75, 3.05) is 12.3 Å². The molecule has 1 aromatic carbocycles. The van der Waals surface area contributed by atoms with E-state index in [0.29, 0.717) is 10.6 Å². The molecule has 0 spiro atoms. The number of aliphatic hydroxyl groups is 1. The predicted molar refractivity (Wildman–Crippen MR) is 127 cm³/mol. The van der Waals surface area contributed by atoms with Crippen LogP contribution in [0.15, 0.2) is 36.0 Å². The zero-order chi connectivity index (χ0) is 23.6. The van der Waals surface area contributed by atoms with E-state index in [9.17, 15) is 18.3 Å². The summed E-state index contributed by atoms with van der Waals surface area (Å²) in [6.45, 7) is 8.07. The first-order valence-electron chi connectivity index (χ1n) is 10.9. The van der Waals surface area contributed by atoms with Gasteiger partial charge in [0.1, 0.15) is 6.10 Å². The lowest BCUT2D eigenvalue weighted by molar-refractivity contribution is 0.0173. The van der Waals surface area contributed by atoms with Gasteiger partial charge in [0.25, 0.3) is 0 Å². The Morgan fingerprint density at radius 1 is 1.34 bits per heavy atom. The number of rotatable bonds is 8. The van der Waals surface area contributed by atoms with Gasteiger partial charge in [-0.2, -0.15) is 0 Å². The summed E-state index contributed by atoms with van der Waals surface area (Å²) in [4.78, 5) is 14.7. The minimum Gasteiger partial charge on any atom is -0.386 e. The predicted octanol–water partition coefficient (Wildman–Crippen LogP) is 3.80. The number of aliphatic hydroxyl groups excluding tert-OH is 1. The number of allylic oxidation sites excluding steroid dienone is 1. The van der Waals surface area contributed by atoms with E-state index in [-0.39, 0.29) is 36.6 Å². The fourth-order valence-corrected chi connectivity index (χ4v) is 5.40. The number of hydrogen-bond acceptors (Lipinski definition) is 4. The maximum absolute atomic E-state index is 13.2. The van der Waals surface area contributed by atoms with E-state index >= 15 is 0 Å². The lowest BCUT2D eigenvalue weighted by Crippen LogP contribution is -2.60. The number of nitrogens with one attached hydrogen (secondary N) is 1.